The van der Waals surface area contributed by atoms with E-state index in [0.717, 1.165) is 18.8 Å². The van der Waals surface area contributed by atoms with Gasteiger partial charge in [0.1, 0.15) is 5.75 Å². The topological polar surface area (TPSA) is 33.3 Å². The lowest BCUT2D eigenvalue weighted by Crippen LogP contribution is -2.33. The number of fused-ring (bicyclic) bond motifs is 1. The second kappa shape index (κ2) is 5.59. The van der Waals surface area contributed by atoms with Gasteiger partial charge >= 0.3 is 0 Å². The predicted molar refractivity (Wildman–Crippen MR) is 78.2 cm³/mol. The zero-order valence-electron chi connectivity index (χ0n) is 11.2. The summed E-state index contributed by atoms with van der Waals surface area (Å²) in [6.45, 7) is 2.94. The molecule has 2 aromatic carbocycles. The summed E-state index contributed by atoms with van der Waals surface area (Å²) >= 11 is 0. The van der Waals surface area contributed by atoms with Crippen molar-refractivity contribution in [2.24, 2.45) is 0 Å². The number of ether oxygens (including phenoxy) is 1. The smallest absolute Gasteiger partial charge is 0.127 e. The van der Waals surface area contributed by atoms with Crippen molar-refractivity contribution in [2.75, 3.05) is 6.61 Å². The molecule has 3 heteroatoms. The van der Waals surface area contributed by atoms with Gasteiger partial charge in [-0.1, -0.05) is 36.4 Å². The summed E-state index contributed by atoms with van der Waals surface area (Å²) in [7, 11) is 0. The lowest BCUT2D eigenvalue weighted by Gasteiger charge is -2.12. The molecule has 1 aliphatic heterocycles. The average molecular weight is 256 g/mol. The third-order valence-corrected chi connectivity index (χ3v) is 3.65. The highest BCUT2D eigenvalue weighted by molar-refractivity contribution is 5.88. The minimum atomic E-state index is 0.518. The number of benzene rings is 2. The van der Waals surface area contributed by atoms with E-state index in [9.17, 15) is 0 Å². The normalized spacial score (nSPS) is 22.8. The lowest BCUT2D eigenvalue weighted by molar-refractivity contribution is 0.293. The minimum absolute atomic E-state index is 0.518. The van der Waals surface area contributed by atoms with Crippen LogP contribution in [-0.4, -0.2) is 18.7 Å². The molecule has 1 aliphatic rings. The van der Waals surface area contributed by atoms with Crippen LogP contribution in [0.1, 0.15) is 19.8 Å². The van der Waals surface area contributed by atoms with Gasteiger partial charge in [-0.3, -0.25) is 10.9 Å². The zero-order valence-corrected chi connectivity index (χ0v) is 11.2. The fourth-order valence-corrected chi connectivity index (χ4v) is 2.63. The summed E-state index contributed by atoms with van der Waals surface area (Å²) in [6.07, 6.45) is 2.19. The average Bonchev–Trinajstić information content (AvgIpc) is 2.85. The molecule has 0 aromatic heterocycles. The SMILES string of the molecule is CC1CC(CCOc2cccc3ccccc23)NN1. The number of rotatable bonds is 4. The van der Waals surface area contributed by atoms with E-state index in [2.05, 4.69) is 54.2 Å². The van der Waals surface area contributed by atoms with Crippen molar-refractivity contribution in [1.82, 2.24) is 10.9 Å². The van der Waals surface area contributed by atoms with Crippen molar-refractivity contribution >= 4 is 10.8 Å². The maximum Gasteiger partial charge on any atom is 0.127 e. The fraction of sp³-hybridized carbons (Fsp3) is 0.375. The third-order valence-electron chi connectivity index (χ3n) is 3.65. The van der Waals surface area contributed by atoms with Gasteiger partial charge in [0, 0.05) is 17.5 Å². The fourth-order valence-electron chi connectivity index (χ4n) is 2.63. The van der Waals surface area contributed by atoms with Crippen molar-refractivity contribution in [3.05, 3.63) is 42.5 Å². The van der Waals surface area contributed by atoms with Crippen LogP contribution in [-0.2, 0) is 0 Å². The van der Waals surface area contributed by atoms with Gasteiger partial charge in [0.25, 0.3) is 0 Å². The van der Waals surface area contributed by atoms with Gasteiger partial charge in [0.05, 0.1) is 6.61 Å². The Hall–Kier alpha value is -1.58. The van der Waals surface area contributed by atoms with Crippen LogP contribution in [0.15, 0.2) is 42.5 Å². The minimum Gasteiger partial charge on any atom is -0.493 e. The first-order valence-corrected chi connectivity index (χ1v) is 6.94. The standard InChI is InChI=1S/C16H20N2O/c1-12-11-14(18-17-12)9-10-19-16-8-4-6-13-5-2-3-7-15(13)16/h2-8,12,14,17-18H,9-11H2,1H3. The van der Waals surface area contributed by atoms with Crippen LogP contribution in [0.3, 0.4) is 0 Å². The van der Waals surface area contributed by atoms with Gasteiger partial charge in [-0.05, 0) is 31.2 Å². The van der Waals surface area contributed by atoms with Crippen LogP contribution in [0, 0.1) is 0 Å². The van der Waals surface area contributed by atoms with Crippen LogP contribution in [0.25, 0.3) is 10.8 Å². The number of hydrazine groups is 1. The molecule has 3 rings (SSSR count). The largest absolute Gasteiger partial charge is 0.493 e. The van der Waals surface area contributed by atoms with E-state index < -0.39 is 0 Å². The van der Waals surface area contributed by atoms with Crippen LogP contribution in [0.4, 0.5) is 0 Å². The molecule has 0 saturated carbocycles. The summed E-state index contributed by atoms with van der Waals surface area (Å²) in [4.78, 5) is 0. The van der Waals surface area contributed by atoms with Gasteiger partial charge in [0.2, 0.25) is 0 Å². The van der Waals surface area contributed by atoms with Crippen molar-refractivity contribution in [3.63, 3.8) is 0 Å². The second-order valence-electron chi connectivity index (χ2n) is 5.24. The van der Waals surface area contributed by atoms with Gasteiger partial charge in [0.15, 0.2) is 0 Å². The molecule has 1 fully saturated rings. The number of nitrogens with one attached hydrogen (secondary N) is 2. The Kier molecular flexibility index (Phi) is 3.67. The first kappa shape index (κ1) is 12.5. The molecule has 0 aliphatic carbocycles. The highest BCUT2D eigenvalue weighted by Crippen LogP contribution is 2.25. The van der Waals surface area contributed by atoms with Gasteiger partial charge < -0.3 is 4.74 Å². The summed E-state index contributed by atoms with van der Waals surface area (Å²) in [6, 6.07) is 15.6. The lowest BCUT2D eigenvalue weighted by atomic mass is 10.1. The molecule has 2 unspecified atom stereocenters. The highest BCUT2D eigenvalue weighted by atomic mass is 16.5. The molecule has 0 spiro atoms. The molecule has 2 aromatic rings. The van der Waals surface area contributed by atoms with E-state index in [0.29, 0.717) is 12.1 Å². The second-order valence-corrected chi connectivity index (χ2v) is 5.24. The molecule has 2 atom stereocenters. The Labute approximate surface area is 113 Å². The van der Waals surface area contributed by atoms with Crippen molar-refractivity contribution in [3.8, 4) is 5.75 Å². The van der Waals surface area contributed by atoms with E-state index in [1.165, 1.54) is 17.2 Å². The highest BCUT2D eigenvalue weighted by Gasteiger charge is 2.19. The molecule has 0 radical (unpaired) electrons. The van der Waals surface area contributed by atoms with E-state index in [1.54, 1.807) is 0 Å². The van der Waals surface area contributed by atoms with E-state index in [1.807, 2.05) is 6.07 Å². The summed E-state index contributed by atoms with van der Waals surface area (Å²) in [5, 5.41) is 2.42. The Morgan fingerprint density at radius 2 is 1.95 bits per heavy atom. The summed E-state index contributed by atoms with van der Waals surface area (Å²) < 4.78 is 5.95. The molecule has 1 heterocycles. The molecule has 2 N–H and O–H groups in total. The van der Waals surface area contributed by atoms with E-state index in [4.69, 9.17) is 4.74 Å². The molecular formula is C16H20N2O. The molecular weight excluding hydrogens is 236 g/mol. The van der Waals surface area contributed by atoms with Gasteiger partial charge in [-0.25, -0.2) is 0 Å². The van der Waals surface area contributed by atoms with Gasteiger partial charge in [-0.2, -0.15) is 0 Å². The van der Waals surface area contributed by atoms with Crippen molar-refractivity contribution in [1.29, 1.82) is 0 Å². The maximum absolute atomic E-state index is 5.95. The Balaban J connectivity index is 1.62. The monoisotopic (exact) mass is 256 g/mol. The number of hydrogen-bond acceptors (Lipinski definition) is 3. The number of hydrogen-bond donors (Lipinski definition) is 2. The van der Waals surface area contributed by atoms with E-state index >= 15 is 0 Å². The van der Waals surface area contributed by atoms with Crippen LogP contribution >= 0.6 is 0 Å². The van der Waals surface area contributed by atoms with Crippen LogP contribution in [0.2, 0.25) is 0 Å². The Morgan fingerprint density at radius 3 is 2.79 bits per heavy atom. The molecule has 3 nitrogen and oxygen atoms in total. The Bertz CT molecular complexity index is 550. The molecule has 0 bridgehead atoms. The molecule has 19 heavy (non-hydrogen) atoms. The summed E-state index contributed by atoms with van der Waals surface area (Å²) in [5.74, 6) is 0.983. The molecule has 100 valence electrons. The van der Waals surface area contributed by atoms with Crippen molar-refractivity contribution in [2.45, 2.75) is 31.8 Å². The van der Waals surface area contributed by atoms with Crippen LogP contribution < -0.4 is 15.6 Å². The van der Waals surface area contributed by atoms with Gasteiger partial charge in [-0.15, -0.1) is 0 Å². The molecule has 0 amide bonds. The zero-order chi connectivity index (χ0) is 13.1. The van der Waals surface area contributed by atoms with Crippen molar-refractivity contribution < 1.29 is 4.74 Å². The first-order chi connectivity index (χ1) is 9.33. The Morgan fingerprint density at radius 1 is 1.11 bits per heavy atom. The maximum atomic E-state index is 5.95. The third kappa shape index (κ3) is 2.88. The molecule has 1 saturated heterocycles. The predicted octanol–water partition coefficient (Wildman–Crippen LogP) is 2.86. The quantitative estimate of drug-likeness (QED) is 0.882. The van der Waals surface area contributed by atoms with Crippen LogP contribution in [0.5, 0.6) is 5.75 Å². The van der Waals surface area contributed by atoms with E-state index in [-0.39, 0.29) is 0 Å². The first-order valence-electron chi connectivity index (χ1n) is 6.94. The summed E-state index contributed by atoms with van der Waals surface area (Å²) in [5.41, 5.74) is 6.54.